The van der Waals surface area contributed by atoms with Crippen LogP contribution in [-0.4, -0.2) is 27.1 Å². The minimum Gasteiger partial charge on any atom is -0.459 e. The fourth-order valence-corrected chi connectivity index (χ4v) is 2.76. The van der Waals surface area contributed by atoms with Gasteiger partial charge in [0.15, 0.2) is 0 Å². The summed E-state index contributed by atoms with van der Waals surface area (Å²) in [5.41, 5.74) is 0.411. The molecule has 1 aliphatic carbocycles. The Bertz CT molecular complexity index is 587. The maximum absolute atomic E-state index is 12.0. The van der Waals surface area contributed by atoms with Crippen LogP contribution in [0.5, 0.6) is 0 Å². The van der Waals surface area contributed by atoms with E-state index in [2.05, 4.69) is 9.97 Å². The van der Waals surface area contributed by atoms with Crippen molar-refractivity contribution in [1.82, 2.24) is 9.97 Å². The molecule has 1 aromatic heterocycles. The van der Waals surface area contributed by atoms with Gasteiger partial charge >= 0.3 is 5.97 Å². The first-order valence-electron chi connectivity index (χ1n) is 7.15. The first-order valence-corrected chi connectivity index (χ1v) is 7.15. The largest absolute Gasteiger partial charge is 0.459 e. The summed E-state index contributed by atoms with van der Waals surface area (Å²) in [6.45, 7) is 0. The Labute approximate surface area is 123 Å². The molecule has 1 fully saturated rings. The molecule has 0 spiro atoms. The van der Waals surface area contributed by atoms with Crippen LogP contribution in [0.2, 0.25) is 0 Å². The van der Waals surface area contributed by atoms with Crippen LogP contribution >= 0.6 is 0 Å². The summed E-state index contributed by atoms with van der Waals surface area (Å²) in [5, 5.41) is 10.6. The van der Waals surface area contributed by atoms with Gasteiger partial charge in [0.05, 0.1) is 23.8 Å². The van der Waals surface area contributed by atoms with E-state index in [1.807, 2.05) is 18.2 Å². The Morgan fingerprint density at radius 3 is 2.62 bits per heavy atom. The maximum atomic E-state index is 12.0. The number of aromatic amines is 1. The van der Waals surface area contributed by atoms with E-state index < -0.39 is 5.60 Å². The lowest BCUT2D eigenvalue weighted by Gasteiger charge is -2.34. The number of carbonyl (C=O) groups excluding carboxylic acids is 1. The van der Waals surface area contributed by atoms with Crippen molar-refractivity contribution >= 4 is 5.97 Å². The van der Waals surface area contributed by atoms with E-state index in [9.17, 15) is 9.90 Å². The summed E-state index contributed by atoms with van der Waals surface area (Å²) in [5.74, 6) is -0.299. The summed E-state index contributed by atoms with van der Waals surface area (Å²) in [4.78, 5) is 18.9. The standard InChI is InChI=1S/C16H18N2O3/c19-15(12-4-2-1-3-5-12)21-13-6-8-16(20,9-7-13)14-10-17-11-18-14/h1-5,10-11,13,20H,6-9H2,(H,17,18). The molecular weight excluding hydrogens is 268 g/mol. The van der Waals surface area contributed by atoms with Gasteiger partial charge in [-0.05, 0) is 37.8 Å². The van der Waals surface area contributed by atoms with Crippen molar-refractivity contribution in [1.29, 1.82) is 0 Å². The number of rotatable bonds is 3. The molecular formula is C16H18N2O3. The Kier molecular flexibility index (Phi) is 3.75. The SMILES string of the molecule is O=C(OC1CCC(O)(c2cnc[nH]2)CC1)c1ccccc1. The molecule has 5 nitrogen and oxygen atoms in total. The molecule has 1 aromatic carbocycles. The van der Waals surface area contributed by atoms with Gasteiger partial charge in [0.1, 0.15) is 11.7 Å². The van der Waals surface area contributed by atoms with Gasteiger partial charge in [-0.1, -0.05) is 18.2 Å². The van der Waals surface area contributed by atoms with Crippen LogP contribution < -0.4 is 0 Å². The lowest BCUT2D eigenvalue weighted by Crippen LogP contribution is -2.35. The van der Waals surface area contributed by atoms with Gasteiger partial charge in [-0.25, -0.2) is 9.78 Å². The molecule has 0 bridgehead atoms. The number of ether oxygens (including phenoxy) is 1. The van der Waals surface area contributed by atoms with Crippen LogP contribution in [0.4, 0.5) is 0 Å². The van der Waals surface area contributed by atoms with Gasteiger partial charge in [0, 0.05) is 0 Å². The summed E-state index contributed by atoms with van der Waals surface area (Å²) in [7, 11) is 0. The molecule has 0 aliphatic heterocycles. The molecule has 110 valence electrons. The lowest BCUT2D eigenvalue weighted by molar-refractivity contribution is -0.0485. The van der Waals surface area contributed by atoms with Gasteiger partial charge in [0.25, 0.3) is 0 Å². The van der Waals surface area contributed by atoms with Crippen molar-refractivity contribution in [3.05, 3.63) is 54.1 Å². The summed E-state index contributed by atoms with van der Waals surface area (Å²) >= 11 is 0. The topological polar surface area (TPSA) is 75.2 Å². The number of H-pyrrole nitrogens is 1. The first-order chi connectivity index (χ1) is 10.2. The molecule has 2 aromatic rings. The second-order valence-electron chi connectivity index (χ2n) is 5.47. The number of carbonyl (C=O) groups is 1. The van der Waals surface area contributed by atoms with Crippen molar-refractivity contribution in [2.75, 3.05) is 0 Å². The minimum absolute atomic E-state index is 0.138. The third-order valence-electron chi connectivity index (χ3n) is 4.04. The highest BCUT2D eigenvalue weighted by Gasteiger charge is 2.37. The third-order valence-corrected chi connectivity index (χ3v) is 4.04. The average Bonchev–Trinajstić information content (AvgIpc) is 3.06. The van der Waals surface area contributed by atoms with Crippen LogP contribution in [-0.2, 0) is 10.3 Å². The Morgan fingerprint density at radius 1 is 1.29 bits per heavy atom. The number of aromatic nitrogens is 2. The van der Waals surface area contributed by atoms with E-state index in [0.717, 1.165) is 5.69 Å². The highest BCUT2D eigenvalue weighted by atomic mass is 16.5. The first kappa shape index (κ1) is 13.8. The van der Waals surface area contributed by atoms with E-state index in [1.165, 1.54) is 0 Å². The number of esters is 1. The monoisotopic (exact) mass is 286 g/mol. The highest BCUT2D eigenvalue weighted by molar-refractivity contribution is 5.89. The summed E-state index contributed by atoms with van der Waals surface area (Å²) in [6, 6.07) is 8.98. The Morgan fingerprint density at radius 2 is 2.00 bits per heavy atom. The smallest absolute Gasteiger partial charge is 0.338 e. The summed E-state index contributed by atoms with van der Waals surface area (Å²) < 4.78 is 5.51. The number of hydrogen-bond donors (Lipinski definition) is 2. The van der Waals surface area contributed by atoms with E-state index in [-0.39, 0.29) is 12.1 Å². The molecule has 0 atom stereocenters. The fraction of sp³-hybridized carbons (Fsp3) is 0.375. The van der Waals surface area contributed by atoms with Gasteiger partial charge in [-0.15, -0.1) is 0 Å². The molecule has 0 radical (unpaired) electrons. The predicted molar refractivity (Wildman–Crippen MR) is 76.6 cm³/mol. The van der Waals surface area contributed by atoms with Gasteiger partial charge in [0.2, 0.25) is 0 Å². The van der Waals surface area contributed by atoms with Crippen molar-refractivity contribution in [2.24, 2.45) is 0 Å². The molecule has 1 aliphatic rings. The molecule has 1 saturated carbocycles. The minimum atomic E-state index is -0.883. The average molecular weight is 286 g/mol. The Balaban J connectivity index is 1.58. The lowest BCUT2D eigenvalue weighted by atomic mass is 9.81. The zero-order valence-electron chi connectivity index (χ0n) is 11.7. The van der Waals surface area contributed by atoms with E-state index in [0.29, 0.717) is 31.2 Å². The van der Waals surface area contributed by atoms with Crippen LogP contribution in [0.1, 0.15) is 41.7 Å². The van der Waals surface area contributed by atoms with Crippen molar-refractivity contribution in [3.8, 4) is 0 Å². The number of benzene rings is 1. The molecule has 0 saturated heterocycles. The van der Waals surface area contributed by atoms with Crippen LogP contribution in [0.3, 0.4) is 0 Å². The Hall–Kier alpha value is -2.14. The zero-order chi connectivity index (χ0) is 14.7. The van der Waals surface area contributed by atoms with Crippen molar-refractivity contribution in [3.63, 3.8) is 0 Å². The highest BCUT2D eigenvalue weighted by Crippen LogP contribution is 2.37. The quantitative estimate of drug-likeness (QED) is 0.850. The van der Waals surface area contributed by atoms with Crippen LogP contribution in [0.25, 0.3) is 0 Å². The maximum Gasteiger partial charge on any atom is 0.338 e. The molecule has 0 unspecified atom stereocenters. The number of aliphatic hydroxyl groups is 1. The number of imidazole rings is 1. The molecule has 3 rings (SSSR count). The zero-order valence-corrected chi connectivity index (χ0v) is 11.7. The predicted octanol–water partition coefficient (Wildman–Crippen LogP) is 2.40. The molecule has 5 heteroatoms. The van der Waals surface area contributed by atoms with E-state index in [1.54, 1.807) is 24.7 Å². The number of hydrogen-bond acceptors (Lipinski definition) is 4. The second-order valence-corrected chi connectivity index (χ2v) is 5.47. The normalized spacial score (nSPS) is 25.5. The van der Waals surface area contributed by atoms with Gasteiger partial charge < -0.3 is 14.8 Å². The molecule has 0 amide bonds. The van der Waals surface area contributed by atoms with Crippen LogP contribution in [0.15, 0.2) is 42.9 Å². The molecule has 2 N–H and O–H groups in total. The third kappa shape index (κ3) is 2.97. The summed E-state index contributed by atoms with van der Waals surface area (Å²) in [6.07, 6.45) is 5.48. The van der Waals surface area contributed by atoms with E-state index >= 15 is 0 Å². The molecule has 1 heterocycles. The van der Waals surface area contributed by atoms with E-state index in [4.69, 9.17) is 4.74 Å². The fourth-order valence-electron chi connectivity index (χ4n) is 2.76. The van der Waals surface area contributed by atoms with Crippen LogP contribution in [0, 0.1) is 0 Å². The number of nitrogens with zero attached hydrogens (tertiary/aromatic N) is 1. The second kappa shape index (κ2) is 5.69. The number of nitrogens with one attached hydrogen (secondary N) is 1. The van der Waals surface area contributed by atoms with Crippen molar-refractivity contribution < 1.29 is 14.6 Å². The van der Waals surface area contributed by atoms with Gasteiger partial charge in [-0.2, -0.15) is 0 Å². The van der Waals surface area contributed by atoms with Crippen molar-refractivity contribution in [2.45, 2.75) is 37.4 Å². The molecule has 21 heavy (non-hydrogen) atoms. The van der Waals surface area contributed by atoms with Gasteiger partial charge in [-0.3, -0.25) is 0 Å².